The molecule has 0 fully saturated rings. The van der Waals surface area contributed by atoms with Gasteiger partial charge in [0.05, 0.1) is 23.0 Å². The second kappa shape index (κ2) is 16.7. The van der Waals surface area contributed by atoms with Gasteiger partial charge in [-0.05, 0) is 72.2 Å². The zero-order chi connectivity index (χ0) is 41.1. The maximum Gasteiger partial charge on any atom is 0.418 e. The number of benzene rings is 3. The molecule has 5 N–H and O–H groups in total. The molecule has 5 atom stereocenters. The van der Waals surface area contributed by atoms with Crippen LogP contribution in [0.1, 0.15) is 69.3 Å². The number of pyridine rings is 1. The van der Waals surface area contributed by atoms with Crippen LogP contribution >= 0.6 is 0 Å². The van der Waals surface area contributed by atoms with Crippen molar-refractivity contribution >= 4 is 51.1 Å². The van der Waals surface area contributed by atoms with E-state index >= 15 is 0 Å². The number of aromatic amines is 1. The summed E-state index contributed by atoms with van der Waals surface area (Å²) in [5.41, 5.74) is -0.463. The van der Waals surface area contributed by atoms with Crippen molar-refractivity contribution in [2.75, 3.05) is 5.32 Å². The van der Waals surface area contributed by atoms with Gasteiger partial charge in [-0.3, -0.25) is 24.2 Å². The Morgan fingerprint density at radius 3 is 2.30 bits per heavy atom. The van der Waals surface area contributed by atoms with E-state index in [-0.39, 0.29) is 48.1 Å². The number of carbonyl (C=O) groups excluding carboxylic acids is 4. The lowest BCUT2D eigenvalue weighted by atomic mass is 9.78. The molecule has 2 heterocycles. The summed E-state index contributed by atoms with van der Waals surface area (Å²) in [4.78, 5) is 63.7. The molecule has 6 rings (SSSR count). The predicted octanol–water partition coefficient (Wildman–Crippen LogP) is 7.16. The Morgan fingerprint density at radius 1 is 0.877 bits per heavy atom. The fourth-order valence-corrected chi connectivity index (χ4v) is 7.47. The Kier molecular flexibility index (Phi) is 12.0. The smallest absolute Gasteiger partial charge is 0.358 e. The van der Waals surface area contributed by atoms with E-state index in [2.05, 4.69) is 31.2 Å². The molecule has 3 aromatic carbocycles. The Bertz CT molecular complexity index is 2310. The average Bonchev–Trinajstić information content (AvgIpc) is 3.56. The maximum absolute atomic E-state index is 14.8. The van der Waals surface area contributed by atoms with Gasteiger partial charge < -0.3 is 26.3 Å². The minimum atomic E-state index is -4.65. The molecular formula is C43H46F4N6O4. The van der Waals surface area contributed by atoms with Crippen molar-refractivity contribution in [3.63, 3.8) is 0 Å². The zero-order valence-electron chi connectivity index (χ0n) is 32.1. The first kappa shape index (κ1) is 40.9. The number of carbonyl (C=O) groups is 4. The predicted molar refractivity (Wildman–Crippen MR) is 209 cm³/mol. The Morgan fingerprint density at radius 2 is 1.60 bits per heavy atom. The van der Waals surface area contributed by atoms with Crippen LogP contribution in [0.2, 0.25) is 0 Å². The van der Waals surface area contributed by atoms with Crippen molar-refractivity contribution in [2.45, 2.75) is 90.0 Å². The van der Waals surface area contributed by atoms with Gasteiger partial charge in [0.25, 0.3) is 0 Å². The number of hydrogen-bond donors (Lipinski definition) is 5. The monoisotopic (exact) mass is 786 g/mol. The van der Waals surface area contributed by atoms with Crippen LogP contribution < -0.4 is 21.3 Å². The summed E-state index contributed by atoms with van der Waals surface area (Å²) < 4.78 is 56.8. The SMILES string of the molecule is CCC(C)[C@H](NC(=O)Cc1ccccc1F)C(=O)N[C@]1(C(=O)N[C@@H](C(=O)Nc2ccc3ncccc3c2)C(C)CC)CCc2[nH]c3c(C(F)(F)F)cccc3c2C1. The fraction of sp³-hybridized carbons (Fsp3) is 0.372. The molecule has 0 saturated carbocycles. The summed E-state index contributed by atoms with van der Waals surface area (Å²) in [6, 6.07) is 16.2. The van der Waals surface area contributed by atoms with Gasteiger partial charge >= 0.3 is 6.18 Å². The number of rotatable bonds is 13. The minimum Gasteiger partial charge on any atom is -0.358 e. The van der Waals surface area contributed by atoms with E-state index in [0.717, 1.165) is 17.0 Å². The highest BCUT2D eigenvalue weighted by Crippen LogP contribution is 2.40. The number of amides is 4. The van der Waals surface area contributed by atoms with Crippen molar-refractivity contribution in [1.29, 1.82) is 0 Å². The third kappa shape index (κ3) is 8.79. The summed E-state index contributed by atoms with van der Waals surface area (Å²) in [5, 5.41) is 12.5. The Labute approximate surface area is 327 Å². The van der Waals surface area contributed by atoms with Crippen molar-refractivity contribution in [3.8, 4) is 0 Å². The fourth-order valence-electron chi connectivity index (χ4n) is 7.47. The van der Waals surface area contributed by atoms with Gasteiger partial charge in [0, 0.05) is 34.8 Å². The van der Waals surface area contributed by atoms with Crippen LogP contribution in [-0.4, -0.2) is 51.2 Å². The molecule has 2 unspecified atom stereocenters. The maximum atomic E-state index is 14.8. The van der Waals surface area contributed by atoms with E-state index in [1.54, 1.807) is 43.5 Å². The lowest BCUT2D eigenvalue weighted by molar-refractivity contribution is -0.138. The molecule has 2 aromatic heterocycles. The minimum absolute atomic E-state index is 0.0331. The average molecular weight is 787 g/mol. The number of halogens is 4. The summed E-state index contributed by atoms with van der Waals surface area (Å²) >= 11 is 0. The first-order chi connectivity index (χ1) is 27.1. The molecule has 0 radical (unpaired) electrons. The highest BCUT2D eigenvalue weighted by atomic mass is 19.4. The molecule has 0 aliphatic heterocycles. The lowest BCUT2D eigenvalue weighted by Gasteiger charge is -2.39. The molecule has 10 nitrogen and oxygen atoms in total. The third-order valence-electron chi connectivity index (χ3n) is 11.2. The van der Waals surface area contributed by atoms with E-state index in [4.69, 9.17) is 0 Å². The van der Waals surface area contributed by atoms with E-state index in [9.17, 15) is 36.7 Å². The second-order valence-corrected chi connectivity index (χ2v) is 15.0. The van der Waals surface area contributed by atoms with Gasteiger partial charge in [0.2, 0.25) is 23.6 Å². The van der Waals surface area contributed by atoms with E-state index in [1.807, 2.05) is 26.8 Å². The zero-order valence-corrected chi connectivity index (χ0v) is 32.1. The van der Waals surface area contributed by atoms with Gasteiger partial charge in [-0.2, -0.15) is 13.2 Å². The molecule has 14 heteroatoms. The molecule has 1 aliphatic rings. The van der Waals surface area contributed by atoms with Crippen molar-refractivity contribution in [3.05, 3.63) is 107 Å². The third-order valence-corrected chi connectivity index (χ3v) is 11.2. The van der Waals surface area contributed by atoms with Crippen LogP contribution in [0.25, 0.3) is 21.8 Å². The van der Waals surface area contributed by atoms with E-state index in [0.29, 0.717) is 29.8 Å². The molecule has 0 spiro atoms. The molecular weight excluding hydrogens is 741 g/mol. The molecule has 0 saturated heterocycles. The quantitative estimate of drug-likeness (QED) is 0.0805. The van der Waals surface area contributed by atoms with Crippen LogP contribution in [0.15, 0.2) is 79.0 Å². The van der Waals surface area contributed by atoms with Crippen LogP contribution in [0, 0.1) is 17.7 Å². The van der Waals surface area contributed by atoms with Crippen molar-refractivity contribution in [2.24, 2.45) is 11.8 Å². The first-order valence-corrected chi connectivity index (χ1v) is 19.1. The number of fused-ring (bicyclic) bond motifs is 4. The van der Waals surface area contributed by atoms with Crippen LogP contribution in [0.4, 0.5) is 23.2 Å². The molecule has 1 aliphatic carbocycles. The number of nitrogens with one attached hydrogen (secondary N) is 5. The standard InChI is InChI=1S/C43H46F4N6O4/c1-5-24(3)36(39(55)49-28-16-17-33-27(21-28)12-10-20-48-33)52-41(57)42(19-18-34-30(23-42)29-13-9-14-31(38(29)50-34)43(45,46)47)53-40(56)37(25(4)6-2)51-35(54)22-26-11-7-8-15-32(26)44/h7-17,20-21,24-25,36-37,50H,5-6,18-19,22-23H2,1-4H3,(H,49,55)(H,51,54)(H,52,57)(H,53,56)/t24?,25?,36-,37+,42-/m1/s1. The van der Waals surface area contributed by atoms with Crippen LogP contribution in [0.3, 0.4) is 0 Å². The normalized spacial score (nSPS) is 17.5. The Hall–Kier alpha value is -5.79. The lowest BCUT2D eigenvalue weighted by Crippen LogP contribution is -2.67. The largest absolute Gasteiger partial charge is 0.418 e. The molecule has 5 aromatic rings. The molecule has 0 bridgehead atoms. The second-order valence-electron chi connectivity index (χ2n) is 15.0. The summed E-state index contributed by atoms with van der Waals surface area (Å²) in [6.45, 7) is 7.26. The number of nitrogens with zero attached hydrogens (tertiary/aromatic N) is 1. The number of aryl methyl sites for hydroxylation is 1. The van der Waals surface area contributed by atoms with Crippen molar-refractivity contribution < 1.29 is 36.7 Å². The number of para-hydroxylation sites is 1. The van der Waals surface area contributed by atoms with Gasteiger partial charge in [0.1, 0.15) is 23.4 Å². The number of aromatic nitrogens is 2. The number of hydrogen-bond acceptors (Lipinski definition) is 5. The summed E-state index contributed by atoms with van der Waals surface area (Å²) in [5.74, 6) is -3.90. The van der Waals surface area contributed by atoms with Crippen LogP contribution in [0.5, 0.6) is 0 Å². The van der Waals surface area contributed by atoms with Crippen LogP contribution in [-0.2, 0) is 44.6 Å². The van der Waals surface area contributed by atoms with E-state index < -0.39 is 64.7 Å². The molecule has 4 amide bonds. The van der Waals surface area contributed by atoms with Gasteiger partial charge in [-0.15, -0.1) is 0 Å². The first-order valence-electron chi connectivity index (χ1n) is 19.1. The van der Waals surface area contributed by atoms with Gasteiger partial charge in [0.15, 0.2) is 0 Å². The number of anilines is 1. The number of H-pyrrole nitrogens is 1. The van der Waals surface area contributed by atoms with Crippen molar-refractivity contribution in [1.82, 2.24) is 25.9 Å². The highest BCUT2D eigenvalue weighted by molar-refractivity contribution is 6.02. The molecule has 300 valence electrons. The summed E-state index contributed by atoms with van der Waals surface area (Å²) in [7, 11) is 0. The number of alkyl halides is 3. The van der Waals surface area contributed by atoms with Gasteiger partial charge in [-0.1, -0.05) is 76.9 Å². The highest BCUT2D eigenvalue weighted by Gasteiger charge is 2.47. The Balaban J connectivity index is 1.34. The topological polar surface area (TPSA) is 145 Å². The summed E-state index contributed by atoms with van der Waals surface area (Å²) in [6.07, 6.45) is -2.53. The van der Waals surface area contributed by atoms with E-state index in [1.165, 1.54) is 30.3 Å². The molecule has 57 heavy (non-hydrogen) atoms. The van der Waals surface area contributed by atoms with Gasteiger partial charge in [-0.25, -0.2) is 4.39 Å².